The second-order valence-corrected chi connectivity index (χ2v) is 10.2. The number of aromatic nitrogens is 4. The quantitative estimate of drug-likeness (QED) is 0.385. The molecule has 2 aromatic heterocycles. The van der Waals surface area contributed by atoms with E-state index in [1.807, 2.05) is 0 Å². The van der Waals surface area contributed by atoms with E-state index in [4.69, 9.17) is 4.42 Å². The van der Waals surface area contributed by atoms with Gasteiger partial charge in [0.2, 0.25) is 16.0 Å². The Hall–Kier alpha value is -3.40. The zero-order valence-corrected chi connectivity index (χ0v) is 19.3. The fourth-order valence-corrected chi connectivity index (χ4v) is 4.82. The minimum absolute atomic E-state index is 0.0326. The van der Waals surface area contributed by atoms with Gasteiger partial charge in [0.1, 0.15) is 5.75 Å². The molecule has 1 unspecified atom stereocenters. The number of hydrogen-bond acceptors (Lipinski definition) is 9. The Labute approximate surface area is 201 Å². The molecule has 10 nitrogen and oxygen atoms in total. The maximum Gasteiger partial charge on any atom is 0.573 e. The monoisotopic (exact) mass is 534 g/mol. The van der Waals surface area contributed by atoms with E-state index < -0.39 is 45.7 Å². The van der Waals surface area contributed by atoms with Crippen LogP contribution in [-0.2, 0) is 10.0 Å². The molecule has 16 heteroatoms. The highest BCUT2D eigenvalue weighted by Gasteiger charge is 2.39. The van der Waals surface area contributed by atoms with Crippen molar-refractivity contribution in [3.8, 4) is 17.2 Å². The first kappa shape index (κ1) is 25.7. The summed E-state index contributed by atoms with van der Waals surface area (Å²) in [7, 11) is -2.14. The number of ether oxygens (including phenoxy) is 1. The highest BCUT2D eigenvalue weighted by molar-refractivity contribution is 7.90. The number of likely N-dealkylation sites (N-methyl/N-ethyl adjacent to an activating group) is 1. The van der Waals surface area contributed by atoms with Crippen LogP contribution in [0.4, 0.5) is 27.9 Å². The molecule has 194 valence electrons. The smallest absolute Gasteiger partial charge is 0.415 e. The van der Waals surface area contributed by atoms with Crippen LogP contribution < -0.4 is 10.1 Å². The van der Waals surface area contributed by atoms with E-state index in [9.17, 15) is 30.4 Å². The van der Waals surface area contributed by atoms with Gasteiger partial charge in [0.15, 0.2) is 0 Å². The summed E-state index contributed by atoms with van der Waals surface area (Å²) in [6.07, 6.45) is -4.21. The molecular formula is C20H19F5N6O4S. The summed E-state index contributed by atoms with van der Waals surface area (Å²) in [5.74, 6) is -1.48. The maximum absolute atomic E-state index is 12.7. The molecule has 1 saturated carbocycles. The molecule has 1 fully saturated rings. The topological polar surface area (TPSA) is 123 Å². The molecule has 0 spiro atoms. The van der Waals surface area contributed by atoms with Gasteiger partial charge in [-0.2, -0.15) is 8.78 Å². The van der Waals surface area contributed by atoms with Crippen molar-refractivity contribution >= 4 is 16.0 Å². The van der Waals surface area contributed by atoms with E-state index >= 15 is 0 Å². The van der Waals surface area contributed by atoms with Crippen molar-refractivity contribution in [2.75, 3.05) is 18.9 Å². The van der Waals surface area contributed by atoms with Crippen molar-refractivity contribution in [2.45, 2.75) is 36.9 Å². The van der Waals surface area contributed by atoms with Gasteiger partial charge in [0.25, 0.3) is 11.8 Å². The summed E-state index contributed by atoms with van der Waals surface area (Å²) in [6, 6.07) is 4.16. The number of sulfonamides is 1. The Bertz CT molecular complexity index is 1280. The van der Waals surface area contributed by atoms with Crippen LogP contribution in [0.2, 0.25) is 0 Å². The van der Waals surface area contributed by atoms with Gasteiger partial charge >= 0.3 is 12.8 Å². The minimum atomic E-state index is -4.86. The summed E-state index contributed by atoms with van der Waals surface area (Å²) in [4.78, 5) is 8.16. The van der Waals surface area contributed by atoms with E-state index in [-0.39, 0.29) is 23.9 Å². The number of benzene rings is 1. The average molecular weight is 534 g/mol. The highest BCUT2D eigenvalue weighted by Crippen LogP contribution is 2.32. The molecule has 1 aromatic carbocycles. The lowest BCUT2D eigenvalue weighted by atomic mass is 10.1. The molecule has 2 heterocycles. The van der Waals surface area contributed by atoms with Gasteiger partial charge in [0.05, 0.1) is 16.9 Å². The maximum atomic E-state index is 12.7. The van der Waals surface area contributed by atoms with Gasteiger partial charge in [-0.05, 0) is 30.5 Å². The molecular weight excluding hydrogens is 515 g/mol. The molecule has 4 rings (SSSR count). The normalized spacial score (nSPS) is 15.3. The number of rotatable bonds is 10. The van der Waals surface area contributed by atoms with E-state index in [0.717, 1.165) is 12.1 Å². The van der Waals surface area contributed by atoms with E-state index in [0.29, 0.717) is 18.4 Å². The predicted octanol–water partition coefficient (Wildman–Crippen LogP) is 3.94. The van der Waals surface area contributed by atoms with Crippen LogP contribution in [0.3, 0.4) is 0 Å². The number of anilines is 1. The van der Waals surface area contributed by atoms with Crippen LogP contribution in [0.15, 0.2) is 41.1 Å². The number of hydrogen-bond donors (Lipinski definition) is 1. The average Bonchev–Trinajstić information content (AvgIpc) is 3.56. The second-order valence-electron chi connectivity index (χ2n) is 7.88. The lowest BCUT2D eigenvalue weighted by molar-refractivity contribution is -0.274. The molecule has 1 aliphatic rings. The van der Waals surface area contributed by atoms with Crippen LogP contribution in [-0.4, -0.2) is 58.1 Å². The molecule has 0 aliphatic heterocycles. The Morgan fingerprint density at radius 1 is 1.14 bits per heavy atom. The molecule has 3 aromatic rings. The van der Waals surface area contributed by atoms with Crippen molar-refractivity contribution in [2.24, 2.45) is 0 Å². The van der Waals surface area contributed by atoms with Gasteiger partial charge in [-0.15, -0.1) is 23.4 Å². The Balaban J connectivity index is 1.55. The SMILES string of the molecule is CN(CC(Nc1ncc(-c2nnc(C(F)F)o2)cn1)c1ccc(OC(F)(F)F)cc1)S(=O)(=O)C1CC1. The summed E-state index contributed by atoms with van der Waals surface area (Å²) in [5, 5.41) is 9.22. The third-order valence-corrected chi connectivity index (χ3v) is 7.50. The summed E-state index contributed by atoms with van der Waals surface area (Å²) < 4.78 is 97.9. The molecule has 1 aliphatic carbocycles. The van der Waals surface area contributed by atoms with Gasteiger partial charge < -0.3 is 14.5 Å². The number of halogens is 5. The van der Waals surface area contributed by atoms with Gasteiger partial charge in [-0.3, -0.25) is 0 Å². The van der Waals surface area contributed by atoms with Crippen molar-refractivity contribution in [1.82, 2.24) is 24.5 Å². The molecule has 0 amide bonds. The van der Waals surface area contributed by atoms with Crippen molar-refractivity contribution in [3.63, 3.8) is 0 Å². The van der Waals surface area contributed by atoms with Gasteiger partial charge in [-0.1, -0.05) is 12.1 Å². The molecule has 1 atom stereocenters. The van der Waals surface area contributed by atoms with Crippen molar-refractivity contribution in [3.05, 3.63) is 48.1 Å². The predicted molar refractivity (Wildman–Crippen MR) is 114 cm³/mol. The van der Waals surface area contributed by atoms with Gasteiger partial charge in [-0.25, -0.2) is 22.7 Å². The third-order valence-electron chi connectivity index (χ3n) is 5.17. The van der Waals surface area contributed by atoms with Gasteiger partial charge in [0, 0.05) is 26.0 Å². The Morgan fingerprint density at radius 2 is 1.78 bits per heavy atom. The lowest BCUT2D eigenvalue weighted by Crippen LogP contribution is -2.36. The molecule has 0 radical (unpaired) electrons. The van der Waals surface area contributed by atoms with Crippen LogP contribution >= 0.6 is 0 Å². The Morgan fingerprint density at radius 3 is 2.31 bits per heavy atom. The zero-order chi connectivity index (χ0) is 26.1. The third kappa shape index (κ3) is 6.23. The molecule has 1 N–H and O–H groups in total. The number of alkyl halides is 5. The van der Waals surface area contributed by atoms with Crippen LogP contribution in [0, 0.1) is 0 Å². The van der Waals surface area contributed by atoms with E-state index in [1.165, 1.54) is 35.9 Å². The fraction of sp³-hybridized carbons (Fsp3) is 0.400. The minimum Gasteiger partial charge on any atom is -0.415 e. The van der Waals surface area contributed by atoms with Crippen LogP contribution in [0.5, 0.6) is 5.75 Å². The number of nitrogens with zero attached hydrogens (tertiary/aromatic N) is 5. The summed E-state index contributed by atoms with van der Waals surface area (Å²) in [6.45, 7) is -0.0785. The van der Waals surface area contributed by atoms with Crippen molar-refractivity contribution in [1.29, 1.82) is 0 Å². The van der Waals surface area contributed by atoms with Crippen LogP contribution in [0.1, 0.15) is 36.8 Å². The lowest BCUT2D eigenvalue weighted by Gasteiger charge is -2.25. The molecule has 0 saturated heterocycles. The first-order valence-electron chi connectivity index (χ1n) is 10.4. The summed E-state index contributed by atoms with van der Waals surface area (Å²) in [5.41, 5.74) is 0.604. The summed E-state index contributed by atoms with van der Waals surface area (Å²) >= 11 is 0. The van der Waals surface area contributed by atoms with E-state index in [1.54, 1.807) is 0 Å². The molecule has 36 heavy (non-hydrogen) atoms. The molecule has 0 bridgehead atoms. The van der Waals surface area contributed by atoms with E-state index in [2.05, 4.69) is 30.2 Å². The second kappa shape index (κ2) is 9.93. The standard InChI is InChI=1S/C20H19F5N6O4S/c1-31(36(32,33)14-6-7-14)10-15(11-2-4-13(5-3-11)35-20(23,24)25)28-19-26-8-12(9-27-19)17-29-30-18(34-17)16(21)22/h2-5,8-9,14-16H,6-7,10H2,1H3,(H,26,27,28). The van der Waals surface area contributed by atoms with Crippen LogP contribution in [0.25, 0.3) is 11.5 Å². The van der Waals surface area contributed by atoms with Crippen molar-refractivity contribution < 1.29 is 39.5 Å². The fourth-order valence-electron chi connectivity index (χ4n) is 3.23. The first-order valence-corrected chi connectivity index (χ1v) is 11.9. The number of nitrogens with one attached hydrogen (secondary N) is 1. The highest BCUT2D eigenvalue weighted by atomic mass is 32.2. The Kier molecular flexibility index (Phi) is 7.08. The zero-order valence-electron chi connectivity index (χ0n) is 18.5. The first-order chi connectivity index (χ1) is 16.9. The largest absolute Gasteiger partial charge is 0.573 e.